The van der Waals surface area contributed by atoms with E-state index in [0.717, 1.165) is 12.1 Å². The summed E-state index contributed by atoms with van der Waals surface area (Å²) in [5.41, 5.74) is 7.03. The number of pyridine rings is 1. The molecule has 0 amide bonds. The maximum atomic E-state index is 12.6. The highest BCUT2D eigenvalue weighted by molar-refractivity contribution is 5.11. The Morgan fingerprint density at radius 3 is 2.93 bits per heavy atom. The molecule has 0 aromatic carbocycles. The van der Waals surface area contributed by atoms with Gasteiger partial charge < -0.3 is 5.32 Å². The summed E-state index contributed by atoms with van der Waals surface area (Å²) < 4.78 is 12.6. The van der Waals surface area contributed by atoms with Crippen LogP contribution < -0.4 is 16.2 Å². The monoisotopic (exact) mass is 196 g/mol. The van der Waals surface area contributed by atoms with Gasteiger partial charge in [-0.25, -0.2) is 15.2 Å². The molecule has 0 radical (unpaired) electrons. The minimum Gasteiger partial charge on any atom is -0.304 e. The molecule has 1 fully saturated rings. The molecule has 1 aromatic heterocycles. The Bertz CT molecular complexity index is 300. The van der Waals surface area contributed by atoms with Crippen molar-refractivity contribution in [3.05, 3.63) is 29.8 Å². The van der Waals surface area contributed by atoms with Crippen molar-refractivity contribution in [3.63, 3.8) is 0 Å². The van der Waals surface area contributed by atoms with Crippen LogP contribution >= 0.6 is 0 Å². The summed E-state index contributed by atoms with van der Waals surface area (Å²) in [5.74, 6) is -0.301. The quantitative estimate of drug-likeness (QED) is 0.637. The van der Waals surface area contributed by atoms with Crippen LogP contribution in [0.25, 0.3) is 0 Å². The standard InChI is InChI=1S/C9H13FN4/c1-11-9-4-8(13-14-9)7-3-2-6(10)5-12-7/h2-3,5,8-9,11,13-14H,4H2,1H3. The average Bonchev–Trinajstić information content (AvgIpc) is 2.67. The number of rotatable bonds is 2. The van der Waals surface area contributed by atoms with Crippen LogP contribution in [0.2, 0.25) is 0 Å². The molecule has 4 nitrogen and oxygen atoms in total. The molecule has 0 saturated carbocycles. The van der Waals surface area contributed by atoms with Crippen LogP contribution in [0.15, 0.2) is 18.3 Å². The zero-order chi connectivity index (χ0) is 9.97. The van der Waals surface area contributed by atoms with E-state index in [2.05, 4.69) is 21.2 Å². The summed E-state index contributed by atoms with van der Waals surface area (Å²) in [6.45, 7) is 0. The second kappa shape index (κ2) is 4.00. The van der Waals surface area contributed by atoms with Crippen molar-refractivity contribution in [2.45, 2.75) is 18.6 Å². The van der Waals surface area contributed by atoms with Crippen LogP contribution in [0.5, 0.6) is 0 Å². The SMILES string of the molecule is CNC1CC(c2ccc(F)cn2)NN1. The molecule has 2 rings (SSSR count). The number of hydrazine groups is 1. The number of hydrogen-bond acceptors (Lipinski definition) is 4. The molecule has 0 bridgehead atoms. The number of aromatic nitrogens is 1. The Labute approximate surface area is 81.9 Å². The van der Waals surface area contributed by atoms with Crippen LogP contribution in [0, 0.1) is 5.82 Å². The van der Waals surface area contributed by atoms with Gasteiger partial charge in [0.25, 0.3) is 0 Å². The molecule has 0 spiro atoms. The summed E-state index contributed by atoms with van der Waals surface area (Å²) in [4.78, 5) is 4.02. The first-order valence-corrected chi connectivity index (χ1v) is 4.59. The van der Waals surface area contributed by atoms with Gasteiger partial charge >= 0.3 is 0 Å². The van der Waals surface area contributed by atoms with E-state index < -0.39 is 0 Å². The van der Waals surface area contributed by atoms with Crippen LogP contribution in [0.3, 0.4) is 0 Å². The molecule has 0 aliphatic carbocycles. The maximum Gasteiger partial charge on any atom is 0.141 e. The maximum absolute atomic E-state index is 12.6. The third-order valence-electron chi connectivity index (χ3n) is 2.36. The summed E-state index contributed by atoms with van der Waals surface area (Å²) in [5, 5.41) is 3.10. The first-order chi connectivity index (χ1) is 6.79. The molecule has 2 unspecified atom stereocenters. The first-order valence-electron chi connectivity index (χ1n) is 4.59. The van der Waals surface area contributed by atoms with E-state index in [9.17, 15) is 4.39 Å². The topological polar surface area (TPSA) is 49.0 Å². The zero-order valence-electron chi connectivity index (χ0n) is 7.92. The minimum atomic E-state index is -0.301. The van der Waals surface area contributed by atoms with E-state index in [1.54, 1.807) is 6.07 Å². The summed E-state index contributed by atoms with van der Waals surface area (Å²) in [7, 11) is 1.89. The van der Waals surface area contributed by atoms with E-state index in [-0.39, 0.29) is 18.0 Å². The van der Waals surface area contributed by atoms with Gasteiger partial charge in [0, 0.05) is 0 Å². The Morgan fingerprint density at radius 1 is 1.50 bits per heavy atom. The van der Waals surface area contributed by atoms with Gasteiger partial charge in [0.1, 0.15) is 5.82 Å². The van der Waals surface area contributed by atoms with Crippen LogP contribution in [0.4, 0.5) is 4.39 Å². The molecular weight excluding hydrogens is 183 g/mol. The molecule has 1 aliphatic heterocycles. The summed E-state index contributed by atoms with van der Waals surface area (Å²) >= 11 is 0. The lowest BCUT2D eigenvalue weighted by atomic mass is 10.1. The lowest BCUT2D eigenvalue weighted by Gasteiger charge is -2.07. The number of nitrogens with one attached hydrogen (secondary N) is 3. The summed E-state index contributed by atoms with van der Waals surface area (Å²) in [6.07, 6.45) is 2.38. The first kappa shape index (κ1) is 9.51. The Morgan fingerprint density at radius 2 is 2.36 bits per heavy atom. The second-order valence-electron chi connectivity index (χ2n) is 3.32. The van der Waals surface area contributed by atoms with Crippen molar-refractivity contribution in [2.75, 3.05) is 7.05 Å². The largest absolute Gasteiger partial charge is 0.304 e. The molecule has 5 heteroatoms. The van der Waals surface area contributed by atoms with E-state index in [1.165, 1.54) is 12.3 Å². The highest BCUT2D eigenvalue weighted by atomic mass is 19.1. The number of halogens is 1. The van der Waals surface area contributed by atoms with E-state index >= 15 is 0 Å². The third-order valence-corrected chi connectivity index (χ3v) is 2.36. The van der Waals surface area contributed by atoms with Gasteiger partial charge in [-0.1, -0.05) is 0 Å². The van der Waals surface area contributed by atoms with Crippen molar-refractivity contribution < 1.29 is 4.39 Å². The molecule has 1 saturated heterocycles. The Hall–Kier alpha value is -1.04. The molecule has 2 atom stereocenters. The molecule has 14 heavy (non-hydrogen) atoms. The second-order valence-corrected chi connectivity index (χ2v) is 3.32. The van der Waals surface area contributed by atoms with Crippen LogP contribution in [-0.2, 0) is 0 Å². The van der Waals surface area contributed by atoms with Crippen LogP contribution in [-0.4, -0.2) is 18.2 Å². The van der Waals surface area contributed by atoms with Gasteiger partial charge in [-0.3, -0.25) is 4.98 Å². The van der Waals surface area contributed by atoms with Crippen molar-refractivity contribution in [1.82, 2.24) is 21.2 Å². The van der Waals surface area contributed by atoms with E-state index in [4.69, 9.17) is 0 Å². The smallest absolute Gasteiger partial charge is 0.141 e. The van der Waals surface area contributed by atoms with Gasteiger partial charge in [-0.15, -0.1) is 0 Å². The zero-order valence-corrected chi connectivity index (χ0v) is 7.92. The van der Waals surface area contributed by atoms with Gasteiger partial charge in [-0.05, 0) is 25.6 Å². The van der Waals surface area contributed by atoms with Crippen molar-refractivity contribution in [3.8, 4) is 0 Å². The van der Waals surface area contributed by atoms with Gasteiger partial charge in [0.15, 0.2) is 0 Å². The number of hydrogen-bond donors (Lipinski definition) is 3. The third kappa shape index (κ3) is 1.89. The molecular formula is C9H13FN4. The molecule has 1 aliphatic rings. The van der Waals surface area contributed by atoms with Gasteiger partial charge in [-0.2, -0.15) is 0 Å². The van der Waals surface area contributed by atoms with Crippen molar-refractivity contribution in [2.24, 2.45) is 0 Å². The van der Waals surface area contributed by atoms with Gasteiger partial charge in [0.2, 0.25) is 0 Å². The van der Waals surface area contributed by atoms with E-state index in [1.807, 2.05) is 7.05 Å². The fraction of sp³-hybridized carbons (Fsp3) is 0.444. The Balaban J connectivity index is 2.06. The predicted octanol–water partition coefficient (Wildman–Crippen LogP) is 0.305. The van der Waals surface area contributed by atoms with Crippen molar-refractivity contribution >= 4 is 0 Å². The fourth-order valence-electron chi connectivity index (χ4n) is 1.53. The molecule has 3 N–H and O–H groups in total. The molecule has 76 valence electrons. The average molecular weight is 196 g/mol. The normalized spacial score (nSPS) is 26.7. The van der Waals surface area contributed by atoms with Gasteiger partial charge in [0.05, 0.1) is 24.1 Å². The summed E-state index contributed by atoms with van der Waals surface area (Å²) in [6, 6.07) is 3.27. The lowest BCUT2D eigenvalue weighted by Crippen LogP contribution is -2.39. The lowest BCUT2D eigenvalue weighted by molar-refractivity contribution is 0.494. The van der Waals surface area contributed by atoms with E-state index in [0.29, 0.717) is 0 Å². The molecule has 2 heterocycles. The number of nitrogens with zero attached hydrogens (tertiary/aromatic N) is 1. The Kier molecular flexibility index (Phi) is 2.72. The van der Waals surface area contributed by atoms with Crippen molar-refractivity contribution in [1.29, 1.82) is 0 Å². The molecule has 1 aromatic rings. The van der Waals surface area contributed by atoms with Crippen LogP contribution in [0.1, 0.15) is 18.2 Å². The fourth-order valence-corrected chi connectivity index (χ4v) is 1.53. The minimum absolute atomic E-state index is 0.146. The predicted molar refractivity (Wildman–Crippen MR) is 50.7 cm³/mol. The highest BCUT2D eigenvalue weighted by Crippen LogP contribution is 2.18. The highest BCUT2D eigenvalue weighted by Gasteiger charge is 2.24.